The van der Waals surface area contributed by atoms with Gasteiger partial charge in [-0.15, -0.1) is 0 Å². The van der Waals surface area contributed by atoms with E-state index in [1.54, 1.807) is 0 Å². The summed E-state index contributed by atoms with van der Waals surface area (Å²) in [5.74, 6) is 1.76. The second kappa shape index (κ2) is 8.28. The lowest BCUT2D eigenvalue weighted by atomic mass is 9.77. The van der Waals surface area contributed by atoms with Crippen LogP contribution in [0.1, 0.15) is 60.0 Å². The van der Waals surface area contributed by atoms with E-state index in [1.165, 1.54) is 44.1 Å². The molecular formula is C23H28O. The molecule has 3 rings (SSSR count). The lowest BCUT2D eigenvalue weighted by Gasteiger charge is -2.28. The van der Waals surface area contributed by atoms with Crippen molar-refractivity contribution in [2.75, 3.05) is 0 Å². The zero-order valence-electron chi connectivity index (χ0n) is 14.7. The average molecular weight is 320 g/mol. The molecule has 0 aromatic heterocycles. The largest absolute Gasteiger partial charge is 0.294 e. The monoisotopic (exact) mass is 320 g/mol. The number of rotatable bonds is 6. The summed E-state index contributed by atoms with van der Waals surface area (Å²) >= 11 is 0. The Morgan fingerprint density at radius 3 is 2.21 bits per heavy atom. The van der Waals surface area contributed by atoms with Gasteiger partial charge in [0.05, 0.1) is 0 Å². The fourth-order valence-corrected chi connectivity index (χ4v) is 4.00. The van der Waals surface area contributed by atoms with E-state index in [-0.39, 0.29) is 0 Å². The van der Waals surface area contributed by atoms with Gasteiger partial charge in [0, 0.05) is 12.0 Å². The molecule has 2 aromatic carbocycles. The predicted octanol–water partition coefficient (Wildman–Crippen LogP) is 6.01. The second-order valence-corrected chi connectivity index (χ2v) is 7.35. The third-order valence-corrected chi connectivity index (χ3v) is 5.57. The number of hydrogen-bond donors (Lipinski definition) is 0. The summed E-state index contributed by atoms with van der Waals surface area (Å²) in [5, 5.41) is 0. The van der Waals surface area contributed by atoms with E-state index in [2.05, 4.69) is 30.3 Å². The van der Waals surface area contributed by atoms with Crippen LogP contribution in [0.4, 0.5) is 0 Å². The maximum Gasteiger partial charge on any atom is 0.163 e. The summed E-state index contributed by atoms with van der Waals surface area (Å²) < 4.78 is 0. The van der Waals surface area contributed by atoms with E-state index in [9.17, 15) is 4.79 Å². The Bertz CT molecular complexity index is 651. The highest BCUT2D eigenvalue weighted by atomic mass is 16.1. The van der Waals surface area contributed by atoms with Gasteiger partial charge >= 0.3 is 0 Å². The van der Waals surface area contributed by atoms with Crippen molar-refractivity contribution in [2.45, 2.75) is 51.9 Å². The Labute approximate surface area is 146 Å². The molecule has 24 heavy (non-hydrogen) atoms. The van der Waals surface area contributed by atoms with Crippen LogP contribution in [0.25, 0.3) is 0 Å². The van der Waals surface area contributed by atoms with Gasteiger partial charge in [0.15, 0.2) is 5.78 Å². The first kappa shape index (κ1) is 17.0. The standard InChI is InChI=1S/C23H28O/c1-18-7-5-6-10-22(18)23(24)17-21-15-13-20(14-16-21)12-11-19-8-3-2-4-9-19/h2-10,20-21H,11-17H2,1H3. The van der Waals surface area contributed by atoms with E-state index >= 15 is 0 Å². The summed E-state index contributed by atoms with van der Waals surface area (Å²) in [6, 6.07) is 18.8. The Morgan fingerprint density at radius 2 is 1.50 bits per heavy atom. The van der Waals surface area contributed by atoms with Crippen LogP contribution in [-0.2, 0) is 6.42 Å². The smallest absolute Gasteiger partial charge is 0.163 e. The van der Waals surface area contributed by atoms with Crippen molar-refractivity contribution in [2.24, 2.45) is 11.8 Å². The minimum Gasteiger partial charge on any atom is -0.294 e. The number of hydrogen-bond acceptors (Lipinski definition) is 1. The topological polar surface area (TPSA) is 17.1 Å². The van der Waals surface area contributed by atoms with Gasteiger partial charge in [0.2, 0.25) is 0 Å². The van der Waals surface area contributed by atoms with E-state index in [0.717, 1.165) is 23.5 Å². The number of aryl methyl sites for hydroxylation is 2. The number of Topliss-reactive ketones (excluding diaryl/α,β-unsaturated/α-hetero) is 1. The molecule has 0 radical (unpaired) electrons. The minimum absolute atomic E-state index is 0.334. The number of benzene rings is 2. The highest BCUT2D eigenvalue weighted by Crippen LogP contribution is 2.34. The van der Waals surface area contributed by atoms with Gasteiger partial charge in [0.25, 0.3) is 0 Å². The van der Waals surface area contributed by atoms with Gasteiger partial charge in [-0.3, -0.25) is 4.79 Å². The third-order valence-electron chi connectivity index (χ3n) is 5.57. The van der Waals surface area contributed by atoms with Gasteiger partial charge < -0.3 is 0 Å². The maximum atomic E-state index is 12.5. The summed E-state index contributed by atoms with van der Waals surface area (Å²) in [6.45, 7) is 2.04. The highest BCUT2D eigenvalue weighted by Gasteiger charge is 2.23. The quantitative estimate of drug-likeness (QED) is 0.596. The summed E-state index contributed by atoms with van der Waals surface area (Å²) in [4.78, 5) is 12.5. The molecule has 0 N–H and O–H groups in total. The lowest BCUT2D eigenvalue weighted by Crippen LogP contribution is -2.18. The van der Waals surface area contributed by atoms with E-state index in [4.69, 9.17) is 0 Å². The molecule has 1 saturated carbocycles. The SMILES string of the molecule is Cc1ccccc1C(=O)CC1CCC(CCc2ccccc2)CC1. The van der Waals surface area contributed by atoms with Gasteiger partial charge in [-0.1, -0.05) is 67.4 Å². The number of ketones is 1. The molecule has 1 aliphatic carbocycles. The summed E-state index contributed by atoms with van der Waals surface area (Å²) in [7, 11) is 0. The van der Waals surface area contributed by atoms with Crippen LogP contribution in [0.15, 0.2) is 54.6 Å². The normalized spacial score (nSPS) is 20.7. The van der Waals surface area contributed by atoms with E-state index < -0.39 is 0 Å². The van der Waals surface area contributed by atoms with Crippen LogP contribution in [0, 0.1) is 18.8 Å². The first-order valence-corrected chi connectivity index (χ1v) is 9.35. The van der Waals surface area contributed by atoms with Crippen LogP contribution in [0.5, 0.6) is 0 Å². The molecule has 1 nitrogen and oxygen atoms in total. The van der Waals surface area contributed by atoms with Crippen molar-refractivity contribution >= 4 is 5.78 Å². The molecule has 0 bridgehead atoms. The molecule has 1 aliphatic rings. The van der Waals surface area contributed by atoms with Crippen molar-refractivity contribution in [1.82, 2.24) is 0 Å². The van der Waals surface area contributed by atoms with Gasteiger partial charge in [-0.25, -0.2) is 0 Å². The Balaban J connectivity index is 1.44. The van der Waals surface area contributed by atoms with Crippen molar-refractivity contribution in [3.8, 4) is 0 Å². The highest BCUT2D eigenvalue weighted by molar-refractivity contribution is 5.97. The zero-order valence-corrected chi connectivity index (χ0v) is 14.7. The average Bonchev–Trinajstić information content (AvgIpc) is 2.62. The van der Waals surface area contributed by atoms with Gasteiger partial charge in [0.1, 0.15) is 0 Å². The molecule has 0 saturated heterocycles. The molecule has 2 aromatic rings. The first-order valence-electron chi connectivity index (χ1n) is 9.35. The molecular weight excluding hydrogens is 292 g/mol. The molecule has 126 valence electrons. The van der Waals surface area contributed by atoms with Crippen molar-refractivity contribution < 1.29 is 4.79 Å². The molecule has 0 amide bonds. The zero-order chi connectivity index (χ0) is 16.8. The molecule has 0 unspecified atom stereocenters. The van der Waals surface area contributed by atoms with Gasteiger partial charge in [-0.2, -0.15) is 0 Å². The first-order chi connectivity index (χ1) is 11.7. The van der Waals surface area contributed by atoms with Crippen molar-refractivity contribution in [1.29, 1.82) is 0 Å². The van der Waals surface area contributed by atoms with E-state index in [0.29, 0.717) is 11.7 Å². The molecule has 0 aliphatic heterocycles. The summed E-state index contributed by atoms with van der Waals surface area (Å²) in [5.41, 5.74) is 3.48. The summed E-state index contributed by atoms with van der Waals surface area (Å²) in [6.07, 6.45) is 8.24. The van der Waals surface area contributed by atoms with Crippen LogP contribution < -0.4 is 0 Å². The molecule has 0 spiro atoms. The maximum absolute atomic E-state index is 12.5. The lowest BCUT2D eigenvalue weighted by molar-refractivity contribution is 0.0941. The van der Waals surface area contributed by atoms with Crippen LogP contribution in [0.3, 0.4) is 0 Å². The van der Waals surface area contributed by atoms with Crippen molar-refractivity contribution in [3.63, 3.8) is 0 Å². The molecule has 0 atom stereocenters. The molecule has 1 heteroatoms. The van der Waals surface area contributed by atoms with Crippen LogP contribution in [0.2, 0.25) is 0 Å². The molecule has 1 fully saturated rings. The molecule has 0 heterocycles. The Morgan fingerprint density at radius 1 is 0.875 bits per heavy atom. The van der Waals surface area contributed by atoms with Crippen molar-refractivity contribution in [3.05, 3.63) is 71.3 Å². The number of carbonyl (C=O) groups is 1. The Hall–Kier alpha value is -1.89. The van der Waals surface area contributed by atoms with E-state index in [1.807, 2.05) is 31.2 Å². The minimum atomic E-state index is 0.334. The van der Waals surface area contributed by atoms with Gasteiger partial charge in [-0.05, 0) is 55.6 Å². The predicted molar refractivity (Wildman–Crippen MR) is 100 cm³/mol. The third kappa shape index (κ3) is 4.56. The Kier molecular flexibility index (Phi) is 5.85. The second-order valence-electron chi connectivity index (χ2n) is 7.35. The fourth-order valence-electron chi connectivity index (χ4n) is 4.00. The van der Waals surface area contributed by atoms with Crippen LogP contribution in [-0.4, -0.2) is 5.78 Å². The number of carbonyl (C=O) groups excluding carboxylic acids is 1. The fraction of sp³-hybridized carbons (Fsp3) is 0.435. The van der Waals surface area contributed by atoms with Crippen LogP contribution >= 0.6 is 0 Å².